The standard InChI is InChI=1S/C49H74N12O15S2/c50-16-2-1-7-30(53-40(66)29(51)23-62)42(68)54-31(21-27-12-14-28(64)15-13-27)41(67)52-22-39(65)58-17-5-10-37(58)47(73)61-20-6-11-38(61)48(74)60-19-4-9-36(60)44(70)55-32(24-63)43(69)56-33(25-77)46(72)59-18-3-8-35(59)45(71)57-34(26-78)49(75)76/h12-15,29-38,62-64,77-78H,1-11,16-26,50-51H2,(H,52,67)(H,53,66)(H,54,68)(H,55,70)(H,56,69)(H,57,71)(H,75,76)/t29-,30-,31-,32-,33-,34-,35-,36-,37-,38-/m0/s1. The predicted molar refractivity (Wildman–Crippen MR) is 284 cm³/mol. The number of nitrogens with one attached hydrogen (secondary N) is 6. The molecule has 0 radical (unpaired) electrons. The number of phenols is 1. The molecule has 0 bridgehead atoms. The predicted octanol–water partition coefficient (Wildman–Crippen LogP) is -5.18. The molecule has 27 nitrogen and oxygen atoms in total. The van der Waals surface area contributed by atoms with Crippen LogP contribution in [0, 0.1) is 0 Å². The van der Waals surface area contributed by atoms with Gasteiger partial charge in [0.25, 0.3) is 0 Å². The number of carbonyl (C=O) groups excluding carboxylic acids is 10. The van der Waals surface area contributed by atoms with E-state index in [1.54, 1.807) is 0 Å². The van der Waals surface area contributed by atoms with E-state index in [1.807, 2.05) is 0 Å². The molecule has 0 unspecified atom stereocenters. The maximum absolute atomic E-state index is 14.4. The highest BCUT2D eigenvalue weighted by Gasteiger charge is 2.47. The number of carbonyl (C=O) groups is 11. The number of aromatic hydroxyl groups is 1. The second-order valence-corrected chi connectivity index (χ2v) is 20.4. The van der Waals surface area contributed by atoms with Crippen LogP contribution in [0.2, 0.25) is 0 Å². The van der Waals surface area contributed by atoms with Crippen LogP contribution in [-0.2, 0) is 59.2 Å². The number of phenolic OH excluding ortho intramolecular Hbond substituents is 1. The number of unbranched alkanes of at least 4 members (excludes halogenated alkanes) is 1. The lowest BCUT2D eigenvalue weighted by molar-refractivity contribution is -0.150. The fraction of sp³-hybridized carbons (Fsp3) is 0.653. The van der Waals surface area contributed by atoms with Crippen molar-refractivity contribution in [1.82, 2.24) is 51.5 Å². The van der Waals surface area contributed by atoms with E-state index in [2.05, 4.69) is 57.2 Å². The van der Waals surface area contributed by atoms with Gasteiger partial charge in [-0.05, 0) is 94.9 Å². The van der Waals surface area contributed by atoms with Crippen LogP contribution in [0.25, 0.3) is 0 Å². The quantitative estimate of drug-likeness (QED) is 0.0289. The van der Waals surface area contributed by atoms with Gasteiger partial charge in [0.15, 0.2) is 0 Å². The zero-order valence-electron chi connectivity index (χ0n) is 43.3. The van der Waals surface area contributed by atoms with Gasteiger partial charge in [-0.25, -0.2) is 4.79 Å². The number of aliphatic hydroxyl groups is 2. The molecular weight excluding hydrogens is 1060 g/mol. The van der Waals surface area contributed by atoms with E-state index in [-0.39, 0.29) is 82.0 Å². The van der Waals surface area contributed by atoms with Crippen LogP contribution in [0.3, 0.4) is 0 Å². The smallest absolute Gasteiger partial charge is 0.327 e. The van der Waals surface area contributed by atoms with Crippen molar-refractivity contribution in [3.8, 4) is 5.75 Å². The molecular formula is C49H74N12O15S2. The van der Waals surface area contributed by atoms with Crippen molar-refractivity contribution in [1.29, 1.82) is 0 Å². The normalized spacial score (nSPS) is 21.4. The first kappa shape index (κ1) is 62.6. The van der Waals surface area contributed by atoms with Crippen LogP contribution in [0.15, 0.2) is 24.3 Å². The number of hydrogen-bond donors (Lipinski definition) is 14. The number of benzene rings is 1. The van der Waals surface area contributed by atoms with Crippen LogP contribution in [0.1, 0.15) is 76.2 Å². The second-order valence-electron chi connectivity index (χ2n) is 19.7. The molecule has 5 rings (SSSR count). The van der Waals surface area contributed by atoms with Gasteiger partial charge in [-0.2, -0.15) is 25.3 Å². The van der Waals surface area contributed by atoms with Crippen molar-refractivity contribution in [2.24, 2.45) is 11.5 Å². The maximum Gasteiger partial charge on any atom is 0.327 e. The third-order valence-electron chi connectivity index (χ3n) is 14.3. The van der Waals surface area contributed by atoms with E-state index in [0.29, 0.717) is 50.6 Å². The van der Waals surface area contributed by atoms with Gasteiger partial charge in [-0.3, -0.25) is 47.9 Å². The summed E-state index contributed by atoms with van der Waals surface area (Å²) in [5, 5.41) is 53.9. The van der Waals surface area contributed by atoms with Gasteiger partial charge in [-0.1, -0.05) is 12.1 Å². The van der Waals surface area contributed by atoms with Gasteiger partial charge in [0.2, 0.25) is 59.1 Å². The summed E-state index contributed by atoms with van der Waals surface area (Å²) in [5.74, 6) is -8.88. The fourth-order valence-corrected chi connectivity index (χ4v) is 10.5. The Bertz CT molecular complexity index is 2340. The number of hydrogen-bond acceptors (Lipinski definition) is 18. The van der Waals surface area contributed by atoms with Gasteiger partial charge < -0.3 is 83.4 Å². The largest absolute Gasteiger partial charge is 0.508 e. The molecule has 0 saturated carbocycles. The first-order valence-corrected chi connectivity index (χ1v) is 27.5. The van der Waals surface area contributed by atoms with Gasteiger partial charge in [0, 0.05) is 44.1 Å². The van der Waals surface area contributed by atoms with E-state index in [4.69, 9.17) is 11.5 Å². The molecule has 10 atom stereocenters. The minimum Gasteiger partial charge on any atom is -0.508 e. The lowest BCUT2D eigenvalue weighted by Crippen LogP contribution is -2.60. The van der Waals surface area contributed by atoms with E-state index < -0.39 is 145 Å². The van der Waals surface area contributed by atoms with E-state index in [1.165, 1.54) is 43.9 Å². The zero-order chi connectivity index (χ0) is 57.2. The van der Waals surface area contributed by atoms with Crippen LogP contribution in [0.4, 0.5) is 0 Å². The minimum atomic E-state index is -1.58. The van der Waals surface area contributed by atoms with Crippen molar-refractivity contribution in [2.45, 2.75) is 137 Å². The molecule has 78 heavy (non-hydrogen) atoms. The zero-order valence-corrected chi connectivity index (χ0v) is 45.0. The number of thiol groups is 2. The number of nitrogens with two attached hydrogens (primary N) is 2. The number of aliphatic carboxylic acids is 1. The lowest BCUT2D eigenvalue weighted by atomic mass is 10.0. The summed E-state index contributed by atoms with van der Waals surface area (Å²) in [7, 11) is 0. The minimum absolute atomic E-state index is 0.0438. The Morgan fingerprint density at radius 3 is 1.62 bits per heavy atom. The molecule has 14 N–H and O–H groups in total. The number of nitrogens with zero attached hydrogens (tertiary/aromatic N) is 4. The summed E-state index contributed by atoms with van der Waals surface area (Å²) in [6.45, 7) is -1.25. The number of rotatable bonds is 27. The van der Waals surface area contributed by atoms with Crippen molar-refractivity contribution in [3.05, 3.63) is 29.8 Å². The van der Waals surface area contributed by atoms with E-state index in [0.717, 1.165) is 0 Å². The van der Waals surface area contributed by atoms with Gasteiger partial charge >= 0.3 is 5.97 Å². The Morgan fingerprint density at radius 1 is 0.577 bits per heavy atom. The van der Waals surface area contributed by atoms with Crippen LogP contribution < -0.4 is 43.4 Å². The third kappa shape index (κ3) is 16.4. The molecule has 4 heterocycles. The van der Waals surface area contributed by atoms with E-state index >= 15 is 0 Å². The summed E-state index contributed by atoms with van der Waals surface area (Å²) in [6.07, 6.45) is 3.56. The second kappa shape index (κ2) is 30.2. The molecule has 1 aromatic carbocycles. The van der Waals surface area contributed by atoms with Crippen molar-refractivity contribution in [3.63, 3.8) is 0 Å². The summed E-state index contributed by atoms with van der Waals surface area (Å²) in [4.78, 5) is 153. The summed E-state index contributed by atoms with van der Waals surface area (Å²) >= 11 is 8.17. The summed E-state index contributed by atoms with van der Waals surface area (Å²) < 4.78 is 0. The first-order chi connectivity index (χ1) is 37.3. The molecule has 1 aromatic rings. The number of carboxylic acid groups (broad SMARTS) is 1. The highest BCUT2D eigenvalue weighted by Crippen LogP contribution is 2.29. The highest BCUT2D eigenvalue weighted by molar-refractivity contribution is 7.80. The monoisotopic (exact) mass is 1130 g/mol. The number of likely N-dealkylation sites (tertiary alicyclic amines) is 4. The molecule has 0 aliphatic carbocycles. The summed E-state index contributed by atoms with van der Waals surface area (Å²) in [6, 6.07) is -6.25. The van der Waals surface area contributed by atoms with Crippen molar-refractivity contribution >= 4 is 90.3 Å². The molecule has 4 aliphatic rings. The Labute approximate surface area is 461 Å². The molecule has 0 aromatic heterocycles. The van der Waals surface area contributed by atoms with Crippen LogP contribution >= 0.6 is 25.3 Å². The van der Waals surface area contributed by atoms with Gasteiger partial charge in [0.05, 0.1) is 19.8 Å². The van der Waals surface area contributed by atoms with Gasteiger partial charge in [0.1, 0.15) is 66.2 Å². The lowest BCUT2D eigenvalue weighted by Gasteiger charge is -2.34. The Morgan fingerprint density at radius 2 is 1.06 bits per heavy atom. The average Bonchev–Trinajstić information content (AvgIpc) is 4.31. The Kier molecular flexibility index (Phi) is 24.2. The molecule has 29 heteroatoms. The molecule has 10 amide bonds. The third-order valence-corrected chi connectivity index (χ3v) is 15.0. The average molecular weight is 1140 g/mol. The number of amides is 10. The van der Waals surface area contributed by atoms with E-state index in [9.17, 15) is 73.2 Å². The molecule has 0 spiro atoms. The fourth-order valence-electron chi connectivity index (χ4n) is 10.0. The van der Waals surface area contributed by atoms with Crippen molar-refractivity contribution < 1.29 is 73.2 Å². The van der Waals surface area contributed by atoms with Crippen LogP contribution in [0.5, 0.6) is 5.75 Å². The number of carboxylic acids is 1. The highest BCUT2D eigenvalue weighted by atomic mass is 32.1. The maximum atomic E-state index is 14.4. The molecule has 432 valence electrons. The van der Waals surface area contributed by atoms with Crippen molar-refractivity contribution in [2.75, 3.05) is 64.0 Å². The SMILES string of the molecule is NCCCC[C@H](NC(=O)[C@@H](N)CO)C(=O)N[C@@H](Cc1ccc(O)cc1)C(=O)NCC(=O)N1CCC[C@H]1C(=O)N1CCC[C@H]1C(=O)N1CCC[C@H]1C(=O)N[C@@H](CO)C(=O)N[C@@H](CS)C(=O)N1CCC[C@H]1C(=O)N[C@@H](CS)C(=O)O. The first-order valence-electron chi connectivity index (χ1n) is 26.2. The van der Waals surface area contributed by atoms with Crippen LogP contribution in [-0.4, -0.2) is 229 Å². The van der Waals surface area contributed by atoms with Gasteiger partial charge in [-0.15, -0.1) is 0 Å². The molecule has 4 aliphatic heterocycles. The Hall–Kier alpha value is -6.27. The molecule has 4 saturated heterocycles. The Balaban J connectivity index is 1.19. The molecule has 4 fully saturated rings. The summed E-state index contributed by atoms with van der Waals surface area (Å²) in [5.41, 5.74) is 11.8. The number of aliphatic hydroxyl groups excluding tert-OH is 2. The topological polar surface area (TPSA) is 406 Å².